The van der Waals surface area contributed by atoms with Crippen molar-refractivity contribution >= 4 is 12.0 Å². The van der Waals surface area contributed by atoms with Crippen molar-refractivity contribution in [2.75, 3.05) is 6.54 Å². The van der Waals surface area contributed by atoms with E-state index in [1.54, 1.807) is 6.92 Å². The average Bonchev–Trinajstić information content (AvgIpc) is 2.13. The van der Waals surface area contributed by atoms with Crippen LogP contribution in [0, 0.1) is 18.3 Å². The van der Waals surface area contributed by atoms with E-state index in [1.165, 1.54) is 6.92 Å². The van der Waals surface area contributed by atoms with Crippen molar-refractivity contribution in [3.63, 3.8) is 0 Å². The molecule has 78 valence electrons. The second-order valence-electron chi connectivity index (χ2n) is 2.95. The lowest BCUT2D eigenvalue weighted by Gasteiger charge is -2.17. The summed E-state index contributed by atoms with van der Waals surface area (Å²) in [5.41, 5.74) is 0. The predicted molar refractivity (Wildman–Crippen MR) is 51.6 cm³/mol. The SMILES string of the molecule is C#CCNC(=O)NC(C)C(C)C(=O)O. The van der Waals surface area contributed by atoms with Gasteiger partial charge in [-0.05, 0) is 13.8 Å². The van der Waals surface area contributed by atoms with Gasteiger partial charge in [0.1, 0.15) is 0 Å². The minimum Gasteiger partial charge on any atom is -0.481 e. The second-order valence-corrected chi connectivity index (χ2v) is 2.95. The monoisotopic (exact) mass is 198 g/mol. The molecule has 0 rings (SSSR count). The normalized spacial score (nSPS) is 13.5. The fourth-order valence-corrected chi connectivity index (χ4v) is 0.728. The summed E-state index contributed by atoms with van der Waals surface area (Å²) in [6.07, 6.45) is 4.93. The van der Waals surface area contributed by atoms with Gasteiger partial charge >= 0.3 is 12.0 Å². The molecule has 0 spiro atoms. The number of carbonyl (C=O) groups excluding carboxylic acids is 1. The summed E-state index contributed by atoms with van der Waals surface area (Å²) in [7, 11) is 0. The molecule has 2 atom stereocenters. The fraction of sp³-hybridized carbons (Fsp3) is 0.556. The highest BCUT2D eigenvalue weighted by molar-refractivity contribution is 5.76. The van der Waals surface area contributed by atoms with E-state index in [-0.39, 0.29) is 6.54 Å². The zero-order valence-corrected chi connectivity index (χ0v) is 8.20. The number of hydrogen-bond donors (Lipinski definition) is 3. The van der Waals surface area contributed by atoms with Crippen LogP contribution in [0.3, 0.4) is 0 Å². The fourth-order valence-electron chi connectivity index (χ4n) is 0.728. The molecule has 0 aromatic rings. The zero-order valence-electron chi connectivity index (χ0n) is 8.20. The lowest BCUT2D eigenvalue weighted by atomic mass is 10.0. The van der Waals surface area contributed by atoms with Crippen LogP contribution in [0.25, 0.3) is 0 Å². The molecule has 0 aromatic heterocycles. The first-order valence-corrected chi connectivity index (χ1v) is 4.19. The van der Waals surface area contributed by atoms with E-state index < -0.39 is 24.0 Å². The number of nitrogens with one attached hydrogen (secondary N) is 2. The van der Waals surface area contributed by atoms with Crippen LogP contribution in [0.5, 0.6) is 0 Å². The topological polar surface area (TPSA) is 78.4 Å². The molecule has 0 aliphatic heterocycles. The maximum atomic E-state index is 11.0. The maximum Gasteiger partial charge on any atom is 0.315 e. The van der Waals surface area contributed by atoms with Gasteiger partial charge in [0, 0.05) is 6.04 Å². The quantitative estimate of drug-likeness (QED) is 0.557. The van der Waals surface area contributed by atoms with Gasteiger partial charge in [0.15, 0.2) is 0 Å². The third-order valence-corrected chi connectivity index (χ3v) is 1.85. The molecule has 0 bridgehead atoms. The molecule has 14 heavy (non-hydrogen) atoms. The highest BCUT2D eigenvalue weighted by atomic mass is 16.4. The van der Waals surface area contributed by atoms with Crippen LogP contribution in [-0.2, 0) is 4.79 Å². The standard InChI is InChI=1S/C9H14N2O3/c1-4-5-10-9(14)11-7(3)6(2)8(12)13/h1,6-7H,5H2,2-3H3,(H,12,13)(H2,10,11,14). The van der Waals surface area contributed by atoms with Crippen LogP contribution < -0.4 is 10.6 Å². The molecule has 5 nitrogen and oxygen atoms in total. The van der Waals surface area contributed by atoms with E-state index in [0.717, 1.165) is 0 Å². The number of carboxylic acid groups (broad SMARTS) is 1. The minimum atomic E-state index is -0.949. The minimum absolute atomic E-state index is 0.125. The van der Waals surface area contributed by atoms with Gasteiger partial charge < -0.3 is 15.7 Å². The summed E-state index contributed by atoms with van der Waals surface area (Å²) in [6.45, 7) is 3.27. The Hall–Kier alpha value is -1.70. The summed E-state index contributed by atoms with van der Waals surface area (Å²) in [5, 5.41) is 13.5. The molecule has 2 unspecified atom stereocenters. The van der Waals surface area contributed by atoms with Crippen LogP contribution in [-0.4, -0.2) is 29.7 Å². The van der Waals surface area contributed by atoms with Crippen LogP contribution in [0.4, 0.5) is 4.79 Å². The van der Waals surface area contributed by atoms with E-state index in [0.29, 0.717) is 0 Å². The van der Waals surface area contributed by atoms with Gasteiger partial charge in [-0.1, -0.05) is 5.92 Å². The van der Waals surface area contributed by atoms with E-state index in [1.807, 2.05) is 0 Å². The first-order chi connectivity index (χ1) is 6.49. The van der Waals surface area contributed by atoms with E-state index in [2.05, 4.69) is 16.6 Å². The Kier molecular flexibility index (Phi) is 5.15. The largest absolute Gasteiger partial charge is 0.481 e. The first-order valence-electron chi connectivity index (χ1n) is 4.19. The molecule has 0 heterocycles. The van der Waals surface area contributed by atoms with Crippen molar-refractivity contribution in [1.82, 2.24) is 10.6 Å². The van der Waals surface area contributed by atoms with Crippen molar-refractivity contribution in [2.45, 2.75) is 19.9 Å². The number of aliphatic carboxylic acids is 1. The summed E-state index contributed by atoms with van der Waals surface area (Å²) in [6, 6.07) is -0.895. The summed E-state index contributed by atoms with van der Waals surface area (Å²) >= 11 is 0. The third-order valence-electron chi connectivity index (χ3n) is 1.85. The number of hydrogen-bond acceptors (Lipinski definition) is 2. The number of amides is 2. The van der Waals surface area contributed by atoms with Crippen LogP contribution in [0.15, 0.2) is 0 Å². The Bertz CT molecular complexity index is 257. The van der Waals surface area contributed by atoms with E-state index >= 15 is 0 Å². The van der Waals surface area contributed by atoms with Gasteiger partial charge in [-0.2, -0.15) is 0 Å². The molecule has 0 saturated carbocycles. The molecule has 5 heteroatoms. The molecule has 0 aliphatic rings. The second kappa shape index (κ2) is 5.86. The number of rotatable bonds is 4. The Labute approximate surface area is 82.9 Å². The summed E-state index contributed by atoms with van der Waals surface area (Å²) < 4.78 is 0. The Morgan fingerprint density at radius 3 is 2.50 bits per heavy atom. The lowest BCUT2D eigenvalue weighted by Crippen LogP contribution is -2.45. The Balaban J connectivity index is 3.94. The van der Waals surface area contributed by atoms with Gasteiger partial charge in [-0.25, -0.2) is 4.79 Å². The van der Waals surface area contributed by atoms with Gasteiger partial charge in [-0.15, -0.1) is 6.42 Å². The van der Waals surface area contributed by atoms with Crippen molar-refractivity contribution in [3.05, 3.63) is 0 Å². The third kappa shape index (κ3) is 4.36. The summed E-state index contributed by atoms with van der Waals surface area (Å²) in [5.74, 6) is 0.653. The number of carboxylic acids is 1. The predicted octanol–water partition coefficient (Wildman–Crippen LogP) is 0.0280. The Morgan fingerprint density at radius 1 is 1.50 bits per heavy atom. The smallest absolute Gasteiger partial charge is 0.315 e. The molecule has 0 saturated heterocycles. The lowest BCUT2D eigenvalue weighted by molar-refractivity contribution is -0.141. The maximum absolute atomic E-state index is 11.0. The van der Waals surface area contributed by atoms with E-state index in [4.69, 9.17) is 11.5 Å². The van der Waals surface area contributed by atoms with Crippen molar-refractivity contribution < 1.29 is 14.7 Å². The van der Waals surface area contributed by atoms with E-state index in [9.17, 15) is 9.59 Å². The van der Waals surface area contributed by atoms with Gasteiger partial charge in [0.05, 0.1) is 12.5 Å². The number of terminal acetylenes is 1. The summed E-state index contributed by atoms with van der Waals surface area (Å²) in [4.78, 5) is 21.6. The molecule has 0 radical (unpaired) electrons. The van der Waals surface area contributed by atoms with Crippen molar-refractivity contribution in [2.24, 2.45) is 5.92 Å². The number of urea groups is 1. The average molecular weight is 198 g/mol. The molecule has 0 aromatic carbocycles. The highest BCUT2D eigenvalue weighted by Gasteiger charge is 2.20. The zero-order chi connectivity index (χ0) is 11.1. The Morgan fingerprint density at radius 2 is 2.07 bits per heavy atom. The number of carbonyl (C=O) groups is 2. The first kappa shape index (κ1) is 12.3. The molecule has 3 N–H and O–H groups in total. The van der Waals surface area contributed by atoms with Crippen molar-refractivity contribution in [1.29, 1.82) is 0 Å². The van der Waals surface area contributed by atoms with Crippen LogP contribution in [0.1, 0.15) is 13.8 Å². The van der Waals surface area contributed by atoms with Gasteiger partial charge in [-0.3, -0.25) is 4.79 Å². The molecule has 0 fully saturated rings. The van der Waals surface area contributed by atoms with Crippen LogP contribution >= 0.6 is 0 Å². The molecule has 0 aliphatic carbocycles. The molecular formula is C9H14N2O3. The van der Waals surface area contributed by atoms with Crippen LogP contribution in [0.2, 0.25) is 0 Å². The van der Waals surface area contributed by atoms with Gasteiger partial charge in [0.25, 0.3) is 0 Å². The highest BCUT2D eigenvalue weighted by Crippen LogP contribution is 2.01. The molecule has 2 amide bonds. The van der Waals surface area contributed by atoms with Gasteiger partial charge in [0.2, 0.25) is 0 Å². The van der Waals surface area contributed by atoms with Crippen molar-refractivity contribution in [3.8, 4) is 12.3 Å². The molecular weight excluding hydrogens is 184 g/mol.